The largest absolute Gasteiger partial charge is 0.372 e. The predicted octanol–water partition coefficient (Wildman–Crippen LogP) is 2.25. The van der Waals surface area contributed by atoms with E-state index in [9.17, 15) is 0 Å². The zero-order chi connectivity index (χ0) is 10.1. The molecule has 2 rings (SSSR count). The van der Waals surface area contributed by atoms with Crippen LogP contribution in [0, 0.1) is 20.8 Å². The second kappa shape index (κ2) is 3.65. The molecule has 1 aromatic rings. The van der Waals surface area contributed by atoms with Crippen LogP contribution >= 0.6 is 0 Å². The summed E-state index contributed by atoms with van der Waals surface area (Å²) in [5.74, 6) is 0. The van der Waals surface area contributed by atoms with E-state index in [4.69, 9.17) is 4.74 Å². The summed E-state index contributed by atoms with van der Waals surface area (Å²) in [4.78, 5) is 9.04. The van der Waals surface area contributed by atoms with Crippen molar-refractivity contribution >= 4 is 0 Å². The molecule has 1 atom stereocenters. The number of ether oxygens (including phenoxy) is 1. The quantitative estimate of drug-likeness (QED) is 0.684. The van der Waals surface area contributed by atoms with E-state index in [1.807, 2.05) is 20.8 Å². The minimum Gasteiger partial charge on any atom is -0.372 e. The van der Waals surface area contributed by atoms with Gasteiger partial charge in [0.1, 0.15) is 6.10 Å². The highest BCUT2D eigenvalue weighted by Crippen LogP contribution is 2.28. The van der Waals surface area contributed by atoms with Gasteiger partial charge in [0, 0.05) is 6.61 Å². The number of nitrogens with zero attached hydrogens (tertiary/aromatic N) is 2. The van der Waals surface area contributed by atoms with Gasteiger partial charge < -0.3 is 4.74 Å². The zero-order valence-corrected chi connectivity index (χ0v) is 9.00. The molecule has 0 spiro atoms. The average Bonchev–Trinajstić information content (AvgIpc) is 2.64. The van der Waals surface area contributed by atoms with Gasteiger partial charge >= 0.3 is 0 Å². The molecular weight excluding hydrogens is 176 g/mol. The van der Waals surface area contributed by atoms with Crippen molar-refractivity contribution in [1.82, 2.24) is 9.97 Å². The lowest BCUT2D eigenvalue weighted by Crippen LogP contribution is -2.07. The van der Waals surface area contributed by atoms with E-state index < -0.39 is 0 Å². The van der Waals surface area contributed by atoms with Crippen molar-refractivity contribution < 1.29 is 4.74 Å². The van der Waals surface area contributed by atoms with Gasteiger partial charge in [-0.3, -0.25) is 9.97 Å². The molecule has 0 saturated carbocycles. The van der Waals surface area contributed by atoms with Crippen LogP contribution < -0.4 is 0 Å². The van der Waals surface area contributed by atoms with E-state index in [-0.39, 0.29) is 6.10 Å². The lowest BCUT2D eigenvalue weighted by molar-refractivity contribution is 0.107. The first-order valence-corrected chi connectivity index (χ1v) is 5.12. The summed E-state index contributed by atoms with van der Waals surface area (Å²) in [5.41, 5.74) is 4.08. The van der Waals surface area contributed by atoms with Crippen LogP contribution in [0.4, 0.5) is 0 Å². The molecule has 1 aliphatic rings. The normalized spacial score (nSPS) is 21.5. The van der Waals surface area contributed by atoms with Crippen molar-refractivity contribution in [3.8, 4) is 0 Å². The molecule has 1 saturated heterocycles. The Kier molecular flexibility index (Phi) is 2.50. The van der Waals surface area contributed by atoms with Crippen molar-refractivity contribution in [2.45, 2.75) is 39.7 Å². The molecule has 1 unspecified atom stereocenters. The van der Waals surface area contributed by atoms with Gasteiger partial charge in [-0.05, 0) is 33.6 Å². The Balaban J connectivity index is 2.37. The van der Waals surface area contributed by atoms with Gasteiger partial charge in [0.15, 0.2) is 0 Å². The maximum atomic E-state index is 5.61. The highest BCUT2D eigenvalue weighted by molar-refractivity contribution is 5.20. The molecule has 0 amide bonds. The summed E-state index contributed by atoms with van der Waals surface area (Å²) in [7, 11) is 0. The van der Waals surface area contributed by atoms with Crippen LogP contribution in [0.25, 0.3) is 0 Å². The Morgan fingerprint density at radius 2 is 1.79 bits per heavy atom. The summed E-state index contributed by atoms with van der Waals surface area (Å²) >= 11 is 0. The van der Waals surface area contributed by atoms with Crippen molar-refractivity contribution in [2.75, 3.05) is 6.61 Å². The smallest absolute Gasteiger partial charge is 0.101 e. The number of aryl methyl sites for hydroxylation is 3. The Morgan fingerprint density at radius 3 is 2.43 bits per heavy atom. The van der Waals surface area contributed by atoms with Gasteiger partial charge in [-0.25, -0.2) is 0 Å². The predicted molar refractivity (Wildman–Crippen MR) is 54.2 cm³/mol. The SMILES string of the molecule is Cc1nc(C)c(C2CCCO2)nc1C. The minimum atomic E-state index is 0.182. The Labute approximate surface area is 84.5 Å². The van der Waals surface area contributed by atoms with Crippen molar-refractivity contribution in [1.29, 1.82) is 0 Å². The van der Waals surface area contributed by atoms with Gasteiger partial charge in [0.2, 0.25) is 0 Å². The van der Waals surface area contributed by atoms with Gasteiger partial charge in [0.25, 0.3) is 0 Å². The number of rotatable bonds is 1. The molecule has 14 heavy (non-hydrogen) atoms. The molecule has 1 aromatic heterocycles. The Morgan fingerprint density at radius 1 is 1.07 bits per heavy atom. The van der Waals surface area contributed by atoms with Gasteiger partial charge in [-0.15, -0.1) is 0 Å². The Bertz CT molecular complexity index is 343. The van der Waals surface area contributed by atoms with Crippen LogP contribution in [-0.2, 0) is 4.74 Å². The minimum absolute atomic E-state index is 0.182. The summed E-state index contributed by atoms with van der Waals surface area (Å²) in [6, 6.07) is 0. The molecule has 0 aliphatic carbocycles. The zero-order valence-electron chi connectivity index (χ0n) is 9.00. The molecule has 0 N–H and O–H groups in total. The summed E-state index contributed by atoms with van der Waals surface area (Å²) in [6.07, 6.45) is 2.40. The third kappa shape index (κ3) is 1.64. The maximum absolute atomic E-state index is 5.61. The molecule has 1 fully saturated rings. The highest BCUT2D eigenvalue weighted by Gasteiger charge is 2.22. The van der Waals surface area contributed by atoms with E-state index >= 15 is 0 Å². The van der Waals surface area contributed by atoms with Gasteiger partial charge in [-0.2, -0.15) is 0 Å². The monoisotopic (exact) mass is 192 g/mol. The van der Waals surface area contributed by atoms with Crippen LogP contribution in [-0.4, -0.2) is 16.6 Å². The molecule has 0 radical (unpaired) electrons. The maximum Gasteiger partial charge on any atom is 0.101 e. The first kappa shape index (κ1) is 9.59. The van der Waals surface area contributed by atoms with Crippen molar-refractivity contribution in [3.63, 3.8) is 0 Å². The van der Waals surface area contributed by atoms with Crippen LogP contribution in [0.1, 0.15) is 41.7 Å². The topological polar surface area (TPSA) is 35.0 Å². The molecular formula is C11H16N2O. The molecule has 76 valence electrons. The molecule has 2 heterocycles. The standard InChI is InChI=1S/C11H16N2O/c1-7-8(2)13-11(9(3)12-7)10-5-4-6-14-10/h10H,4-6H2,1-3H3. The molecule has 3 heteroatoms. The third-order valence-electron chi connectivity index (χ3n) is 2.75. The van der Waals surface area contributed by atoms with E-state index in [0.717, 1.165) is 42.2 Å². The molecule has 1 aliphatic heterocycles. The summed E-state index contributed by atoms with van der Waals surface area (Å²) in [5, 5.41) is 0. The fraction of sp³-hybridized carbons (Fsp3) is 0.636. The number of hydrogen-bond acceptors (Lipinski definition) is 3. The first-order chi connectivity index (χ1) is 6.68. The van der Waals surface area contributed by atoms with Crippen LogP contribution in [0.3, 0.4) is 0 Å². The summed E-state index contributed by atoms with van der Waals surface area (Å²) < 4.78 is 5.61. The van der Waals surface area contributed by atoms with E-state index in [1.165, 1.54) is 0 Å². The highest BCUT2D eigenvalue weighted by atomic mass is 16.5. The van der Waals surface area contributed by atoms with Crippen molar-refractivity contribution in [2.24, 2.45) is 0 Å². The van der Waals surface area contributed by atoms with Crippen LogP contribution in [0.2, 0.25) is 0 Å². The van der Waals surface area contributed by atoms with E-state index in [0.29, 0.717) is 0 Å². The lowest BCUT2D eigenvalue weighted by atomic mass is 10.1. The fourth-order valence-electron chi connectivity index (χ4n) is 1.83. The fourth-order valence-corrected chi connectivity index (χ4v) is 1.83. The van der Waals surface area contributed by atoms with Gasteiger partial charge in [-0.1, -0.05) is 0 Å². The molecule has 3 nitrogen and oxygen atoms in total. The lowest BCUT2D eigenvalue weighted by Gasteiger charge is -2.12. The third-order valence-corrected chi connectivity index (χ3v) is 2.75. The number of hydrogen-bond donors (Lipinski definition) is 0. The second-order valence-electron chi connectivity index (χ2n) is 3.87. The van der Waals surface area contributed by atoms with E-state index in [2.05, 4.69) is 9.97 Å². The van der Waals surface area contributed by atoms with Gasteiger partial charge in [0.05, 0.1) is 22.8 Å². The van der Waals surface area contributed by atoms with E-state index in [1.54, 1.807) is 0 Å². The van der Waals surface area contributed by atoms with Crippen molar-refractivity contribution in [3.05, 3.63) is 22.8 Å². The summed E-state index contributed by atoms with van der Waals surface area (Å²) in [6.45, 7) is 6.87. The number of aromatic nitrogens is 2. The second-order valence-corrected chi connectivity index (χ2v) is 3.87. The Hall–Kier alpha value is -0.960. The average molecular weight is 192 g/mol. The first-order valence-electron chi connectivity index (χ1n) is 5.12. The van der Waals surface area contributed by atoms with Crippen LogP contribution in [0.5, 0.6) is 0 Å². The van der Waals surface area contributed by atoms with Crippen LogP contribution in [0.15, 0.2) is 0 Å². The molecule has 0 aromatic carbocycles. The molecule has 0 bridgehead atoms.